The molecular formula is C11H25IN4O2S. The lowest BCUT2D eigenvalue weighted by atomic mass is 10.0. The summed E-state index contributed by atoms with van der Waals surface area (Å²) < 4.78 is 24.6. The molecule has 0 amide bonds. The first-order valence-corrected chi connectivity index (χ1v) is 8.14. The predicted molar refractivity (Wildman–Crippen MR) is 89.6 cm³/mol. The Morgan fingerprint density at radius 3 is 2.16 bits per heavy atom. The summed E-state index contributed by atoms with van der Waals surface area (Å²) in [4.78, 5) is 4.44. The molecule has 1 aliphatic rings. The van der Waals surface area contributed by atoms with Crippen LogP contribution in [0, 0.1) is 5.92 Å². The summed E-state index contributed by atoms with van der Waals surface area (Å²) in [6, 6.07) is 0. The Balaban J connectivity index is 0.00000324. The van der Waals surface area contributed by atoms with Crippen LogP contribution in [0.25, 0.3) is 0 Å². The summed E-state index contributed by atoms with van der Waals surface area (Å²) in [5.41, 5.74) is 0. The van der Waals surface area contributed by atoms with Crippen LogP contribution in [0.15, 0.2) is 4.99 Å². The summed E-state index contributed by atoms with van der Waals surface area (Å²) >= 11 is 0. The molecule has 1 fully saturated rings. The smallest absolute Gasteiger partial charge is 0.213 e. The largest absolute Gasteiger partial charge is 0.357 e. The van der Waals surface area contributed by atoms with Gasteiger partial charge in [0, 0.05) is 38.6 Å². The van der Waals surface area contributed by atoms with Crippen molar-refractivity contribution in [3.8, 4) is 0 Å². The van der Waals surface area contributed by atoms with Gasteiger partial charge in [-0.1, -0.05) is 0 Å². The Hall–Kier alpha value is -0.0900. The average molecular weight is 404 g/mol. The Morgan fingerprint density at radius 1 is 1.21 bits per heavy atom. The van der Waals surface area contributed by atoms with E-state index in [9.17, 15) is 8.42 Å². The fourth-order valence-electron chi connectivity index (χ4n) is 1.78. The molecule has 1 rings (SSSR count). The summed E-state index contributed by atoms with van der Waals surface area (Å²) in [7, 11) is -3.00. The van der Waals surface area contributed by atoms with E-state index in [2.05, 4.69) is 15.6 Å². The molecule has 8 heteroatoms. The van der Waals surface area contributed by atoms with Crippen molar-refractivity contribution in [1.82, 2.24) is 14.9 Å². The fraction of sp³-hybridized carbons (Fsp3) is 0.909. The van der Waals surface area contributed by atoms with Crippen molar-refractivity contribution in [3.63, 3.8) is 0 Å². The molecule has 1 aliphatic heterocycles. The highest BCUT2D eigenvalue weighted by atomic mass is 127. The van der Waals surface area contributed by atoms with Crippen molar-refractivity contribution in [1.29, 1.82) is 0 Å². The van der Waals surface area contributed by atoms with Crippen LogP contribution >= 0.6 is 24.0 Å². The zero-order valence-electron chi connectivity index (χ0n) is 11.8. The second-order valence-electron chi connectivity index (χ2n) is 4.33. The number of hydrogen-bond donors (Lipinski definition) is 2. The molecular weight excluding hydrogens is 379 g/mol. The van der Waals surface area contributed by atoms with Crippen LogP contribution in [0.5, 0.6) is 0 Å². The zero-order chi connectivity index (χ0) is 13.6. The Labute approximate surface area is 133 Å². The number of aliphatic imine (C=N–C) groups is 1. The van der Waals surface area contributed by atoms with Crippen LogP contribution in [0.1, 0.15) is 20.8 Å². The van der Waals surface area contributed by atoms with Gasteiger partial charge in [0.15, 0.2) is 5.96 Å². The molecule has 19 heavy (non-hydrogen) atoms. The van der Waals surface area contributed by atoms with Crippen LogP contribution in [-0.4, -0.2) is 57.2 Å². The maximum Gasteiger partial charge on any atom is 0.213 e. The number of rotatable bonds is 6. The van der Waals surface area contributed by atoms with Crippen LogP contribution < -0.4 is 10.6 Å². The standard InChI is InChI=1S/C11H24N4O2S.HI/c1-4-12-11(13-5-2)14-7-10-8-15(9-10)18(16,17)6-3;/h10H,4-9H2,1-3H3,(H2,12,13,14);1H. The van der Waals surface area contributed by atoms with E-state index in [1.807, 2.05) is 13.8 Å². The molecule has 2 N–H and O–H groups in total. The van der Waals surface area contributed by atoms with Crippen molar-refractivity contribution >= 4 is 40.0 Å². The molecule has 0 spiro atoms. The molecule has 0 aromatic heterocycles. The molecule has 0 bridgehead atoms. The third kappa shape index (κ3) is 5.82. The molecule has 1 heterocycles. The van der Waals surface area contributed by atoms with E-state index in [4.69, 9.17) is 0 Å². The molecule has 0 aliphatic carbocycles. The summed E-state index contributed by atoms with van der Waals surface area (Å²) in [5.74, 6) is 1.33. The van der Waals surface area contributed by atoms with E-state index in [-0.39, 0.29) is 29.7 Å². The second kappa shape index (κ2) is 8.96. The van der Waals surface area contributed by atoms with Gasteiger partial charge in [0.2, 0.25) is 10.0 Å². The van der Waals surface area contributed by atoms with E-state index in [0.717, 1.165) is 19.0 Å². The highest BCUT2D eigenvalue weighted by Gasteiger charge is 2.34. The number of nitrogens with zero attached hydrogens (tertiary/aromatic N) is 2. The molecule has 0 radical (unpaired) electrons. The molecule has 0 aromatic rings. The molecule has 0 atom stereocenters. The quantitative estimate of drug-likeness (QED) is 0.383. The Bertz CT molecular complexity index is 372. The zero-order valence-corrected chi connectivity index (χ0v) is 15.0. The van der Waals surface area contributed by atoms with E-state index < -0.39 is 10.0 Å². The average Bonchev–Trinajstić information content (AvgIpc) is 2.27. The minimum Gasteiger partial charge on any atom is -0.357 e. The van der Waals surface area contributed by atoms with Crippen LogP contribution in [0.2, 0.25) is 0 Å². The van der Waals surface area contributed by atoms with Crippen LogP contribution in [0.4, 0.5) is 0 Å². The maximum absolute atomic E-state index is 11.5. The van der Waals surface area contributed by atoms with Gasteiger partial charge in [-0.15, -0.1) is 24.0 Å². The van der Waals surface area contributed by atoms with E-state index >= 15 is 0 Å². The number of guanidine groups is 1. The Kier molecular flexibility index (Phi) is 8.92. The highest BCUT2D eigenvalue weighted by molar-refractivity contribution is 14.0. The minimum atomic E-state index is -3.00. The lowest BCUT2D eigenvalue weighted by Gasteiger charge is -2.37. The highest BCUT2D eigenvalue weighted by Crippen LogP contribution is 2.19. The van der Waals surface area contributed by atoms with Gasteiger partial charge in [-0.05, 0) is 20.8 Å². The second-order valence-corrected chi connectivity index (χ2v) is 6.59. The molecule has 0 aromatic carbocycles. The molecule has 6 nitrogen and oxygen atoms in total. The summed E-state index contributed by atoms with van der Waals surface area (Å²) in [6.07, 6.45) is 0. The lowest BCUT2D eigenvalue weighted by Crippen LogP contribution is -2.51. The van der Waals surface area contributed by atoms with Gasteiger partial charge < -0.3 is 10.6 Å². The number of halogens is 1. The van der Waals surface area contributed by atoms with Crippen LogP contribution in [-0.2, 0) is 10.0 Å². The van der Waals surface area contributed by atoms with Crippen molar-refractivity contribution in [3.05, 3.63) is 0 Å². The number of nitrogens with one attached hydrogen (secondary N) is 2. The van der Waals surface area contributed by atoms with Gasteiger partial charge in [-0.3, -0.25) is 4.99 Å². The van der Waals surface area contributed by atoms with Gasteiger partial charge in [-0.25, -0.2) is 12.7 Å². The maximum atomic E-state index is 11.5. The fourth-order valence-corrected chi connectivity index (χ4v) is 3.02. The van der Waals surface area contributed by atoms with Gasteiger partial charge in [-0.2, -0.15) is 0 Å². The van der Waals surface area contributed by atoms with Gasteiger partial charge >= 0.3 is 0 Å². The summed E-state index contributed by atoms with van der Waals surface area (Å²) in [5, 5.41) is 6.29. The van der Waals surface area contributed by atoms with Crippen molar-refractivity contribution in [2.75, 3.05) is 38.5 Å². The molecule has 1 saturated heterocycles. The van der Waals surface area contributed by atoms with Crippen molar-refractivity contribution < 1.29 is 8.42 Å². The van der Waals surface area contributed by atoms with E-state index in [0.29, 0.717) is 25.6 Å². The van der Waals surface area contributed by atoms with Crippen LogP contribution in [0.3, 0.4) is 0 Å². The van der Waals surface area contributed by atoms with Gasteiger partial charge in [0.05, 0.1) is 5.75 Å². The Morgan fingerprint density at radius 2 is 1.74 bits per heavy atom. The molecule has 0 unspecified atom stereocenters. The monoisotopic (exact) mass is 404 g/mol. The summed E-state index contributed by atoms with van der Waals surface area (Å²) in [6.45, 7) is 9.24. The van der Waals surface area contributed by atoms with Gasteiger partial charge in [0.1, 0.15) is 0 Å². The minimum absolute atomic E-state index is 0. The van der Waals surface area contributed by atoms with E-state index in [1.165, 1.54) is 4.31 Å². The van der Waals surface area contributed by atoms with E-state index in [1.54, 1.807) is 6.92 Å². The SMILES string of the molecule is CCNC(=NCC1CN(S(=O)(=O)CC)C1)NCC.I. The van der Waals surface area contributed by atoms with Gasteiger partial charge in [0.25, 0.3) is 0 Å². The molecule has 114 valence electrons. The lowest BCUT2D eigenvalue weighted by molar-refractivity contribution is 0.208. The predicted octanol–water partition coefficient (Wildman–Crippen LogP) is 0.461. The first kappa shape index (κ1) is 18.9. The first-order valence-electron chi connectivity index (χ1n) is 6.53. The third-order valence-corrected chi connectivity index (χ3v) is 4.69. The van der Waals surface area contributed by atoms with Crippen molar-refractivity contribution in [2.45, 2.75) is 20.8 Å². The number of sulfonamides is 1. The van der Waals surface area contributed by atoms with Crippen molar-refractivity contribution in [2.24, 2.45) is 10.9 Å². The normalized spacial score (nSPS) is 16.2. The third-order valence-electron chi connectivity index (χ3n) is 2.88. The number of hydrogen-bond acceptors (Lipinski definition) is 3. The topological polar surface area (TPSA) is 73.8 Å². The molecule has 0 saturated carbocycles. The first-order chi connectivity index (χ1) is 8.53.